The largest absolute Gasteiger partial charge is 0.367 e. The Labute approximate surface area is 172 Å². The maximum Gasteiger partial charge on any atom is 0.191 e. The van der Waals surface area contributed by atoms with Gasteiger partial charge in [0.25, 0.3) is 0 Å². The molecule has 2 aromatic rings. The van der Waals surface area contributed by atoms with E-state index < -0.39 is 9.84 Å². The van der Waals surface area contributed by atoms with Gasteiger partial charge in [-0.15, -0.1) is 0 Å². The van der Waals surface area contributed by atoms with E-state index in [-0.39, 0.29) is 0 Å². The third kappa shape index (κ3) is 5.96. The average Bonchev–Trinajstić information content (AvgIpc) is 3.13. The highest BCUT2D eigenvalue weighted by Gasteiger charge is 2.21. The molecule has 9 heteroatoms. The van der Waals surface area contributed by atoms with Gasteiger partial charge in [-0.3, -0.25) is 9.67 Å². The quantitative estimate of drug-likeness (QED) is 0.541. The van der Waals surface area contributed by atoms with Gasteiger partial charge in [-0.05, 0) is 37.0 Å². The number of aryl methyl sites for hydroxylation is 1. The van der Waals surface area contributed by atoms with Gasteiger partial charge in [-0.2, -0.15) is 5.10 Å². The molecule has 1 fully saturated rings. The number of hydrogen-bond acceptors (Lipinski definition) is 5. The minimum absolute atomic E-state index is 0.323. The first-order valence-corrected chi connectivity index (χ1v) is 11.7. The van der Waals surface area contributed by atoms with Crippen LogP contribution >= 0.6 is 0 Å². The maximum absolute atomic E-state index is 11.5. The molecule has 0 saturated carbocycles. The number of piperidine rings is 1. The molecule has 1 atom stereocenters. The van der Waals surface area contributed by atoms with Gasteiger partial charge in [0, 0.05) is 52.2 Å². The van der Waals surface area contributed by atoms with Crippen molar-refractivity contribution in [3.63, 3.8) is 0 Å². The molecule has 0 aliphatic carbocycles. The van der Waals surface area contributed by atoms with Crippen molar-refractivity contribution in [3.05, 3.63) is 42.2 Å². The molecule has 1 saturated heterocycles. The highest BCUT2D eigenvalue weighted by atomic mass is 32.2. The molecule has 2 heterocycles. The number of benzene rings is 1. The highest BCUT2D eigenvalue weighted by Crippen LogP contribution is 2.19. The monoisotopic (exact) mass is 418 g/mol. The molecule has 1 aliphatic heterocycles. The summed E-state index contributed by atoms with van der Waals surface area (Å²) in [7, 11) is 0.559. The van der Waals surface area contributed by atoms with Gasteiger partial charge < -0.3 is 15.5 Å². The molecule has 29 heavy (non-hydrogen) atoms. The van der Waals surface area contributed by atoms with E-state index >= 15 is 0 Å². The van der Waals surface area contributed by atoms with Crippen LogP contribution in [0.15, 0.2) is 46.5 Å². The lowest BCUT2D eigenvalue weighted by atomic mass is 10.1. The minimum Gasteiger partial charge on any atom is -0.367 e. The fourth-order valence-corrected chi connectivity index (χ4v) is 4.15. The maximum atomic E-state index is 11.5. The normalized spacial score (nSPS) is 18.0. The van der Waals surface area contributed by atoms with E-state index in [2.05, 4.69) is 25.6 Å². The molecule has 8 nitrogen and oxygen atoms in total. The fraction of sp³-hybridized carbons (Fsp3) is 0.500. The molecule has 0 spiro atoms. The van der Waals surface area contributed by atoms with Gasteiger partial charge >= 0.3 is 0 Å². The van der Waals surface area contributed by atoms with Crippen LogP contribution in [0, 0.1) is 0 Å². The van der Waals surface area contributed by atoms with Crippen LogP contribution in [-0.2, 0) is 23.3 Å². The topological polar surface area (TPSA) is 91.6 Å². The predicted molar refractivity (Wildman–Crippen MR) is 116 cm³/mol. The van der Waals surface area contributed by atoms with Crippen LogP contribution in [0.25, 0.3) is 0 Å². The molecule has 0 bridgehead atoms. The van der Waals surface area contributed by atoms with Crippen LogP contribution < -0.4 is 15.5 Å². The summed E-state index contributed by atoms with van der Waals surface area (Å²) in [6, 6.07) is 7.37. The van der Waals surface area contributed by atoms with E-state index in [0.717, 1.165) is 56.1 Å². The Kier molecular flexibility index (Phi) is 6.79. The number of hydrogen-bond donors (Lipinski definition) is 2. The molecule has 3 rings (SSSR count). The zero-order valence-electron chi connectivity index (χ0n) is 17.3. The molecular weight excluding hydrogens is 388 g/mol. The number of nitrogens with zero attached hydrogens (tertiary/aromatic N) is 4. The van der Waals surface area contributed by atoms with Crippen molar-refractivity contribution in [2.75, 3.05) is 37.8 Å². The number of aliphatic imine (C=N–C) groups is 1. The summed E-state index contributed by atoms with van der Waals surface area (Å²) in [5, 5.41) is 11.1. The van der Waals surface area contributed by atoms with Crippen LogP contribution in [0.3, 0.4) is 0 Å². The lowest BCUT2D eigenvalue weighted by Crippen LogP contribution is -2.51. The smallest absolute Gasteiger partial charge is 0.191 e. The number of sulfone groups is 1. The summed E-state index contributed by atoms with van der Waals surface area (Å²) in [6.45, 7) is 2.68. The Morgan fingerprint density at radius 3 is 2.69 bits per heavy atom. The lowest BCUT2D eigenvalue weighted by molar-refractivity contribution is 0.468. The van der Waals surface area contributed by atoms with E-state index in [1.807, 2.05) is 36.3 Å². The van der Waals surface area contributed by atoms with Crippen molar-refractivity contribution in [1.82, 2.24) is 20.4 Å². The average molecular weight is 419 g/mol. The van der Waals surface area contributed by atoms with E-state index in [4.69, 9.17) is 0 Å². The predicted octanol–water partition coefficient (Wildman–Crippen LogP) is 1.20. The molecule has 1 unspecified atom stereocenters. The van der Waals surface area contributed by atoms with Crippen molar-refractivity contribution in [2.45, 2.75) is 30.2 Å². The number of guanidine groups is 1. The summed E-state index contributed by atoms with van der Waals surface area (Å²) >= 11 is 0. The van der Waals surface area contributed by atoms with Crippen molar-refractivity contribution < 1.29 is 8.42 Å². The van der Waals surface area contributed by atoms with Crippen LogP contribution in [-0.4, -0.2) is 63.1 Å². The Balaban J connectivity index is 1.48. The highest BCUT2D eigenvalue weighted by molar-refractivity contribution is 7.90. The van der Waals surface area contributed by atoms with Crippen LogP contribution in [0.5, 0.6) is 0 Å². The molecular formula is C20H30N6O2S. The first kappa shape index (κ1) is 21.2. The Morgan fingerprint density at radius 1 is 1.31 bits per heavy atom. The third-order valence-electron chi connectivity index (χ3n) is 5.10. The van der Waals surface area contributed by atoms with Crippen LogP contribution in [0.2, 0.25) is 0 Å². The van der Waals surface area contributed by atoms with Crippen LogP contribution in [0.1, 0.15) is 18.4 Å². The second-order valence-corrected chi connectivity index (χ2v) is 9.48. The van der Waals surface area contributed by atoms with Crippen molar-refractivity contribution in [1.29, 1.82) is 0 Å². The summed E-state index contributed by atoms with van der Waals surface area (Å²) < 4.78 is 24.9. The van der Waals surface area contributed by atoms with Gasteiger partial charge in [0.15, 0.2) is 15.8 Å². The third-order valence-corrected chi connectivity index (χ3v) is 6.23. The summed E-state index contributed by atoms with van der Waals surface area (Å²) in [6.07, 6.45) is 8.19. The standard InChI is InChI=1S/C20H30N6O2S/c1-21-20(22-11-10-16-6-8-19(9-7-16)29(3,27)28)24-17-5-4-12-26(14-17)18-13-23-25(2)15-18/h6-9,13,15,17H,4-5,10-12,14H2,1-3H3,(H2,21,22,24). The Bertz CT molecular complexity index is 936. The Morgan fingerprint density at radius 2 is 2.07 bits per heavy atom. The molecule has 2 N–H and O–H groups in total. The second-order valence-electron chi connectivity index (χ2n) is 7.47. The first-order valence-electron chi connectivity index (χ1n) is 9.85. The molecule has 1 aromatic heterocycles. The number of anilines is 1. The van der Waals surface area contributed by atoms with Crippen molar-refractivity contribution >= 4 is 21.5 Å². The molecule has 0 amide bonds. The number of nitrogens with one attached hydrogen (secondary N) is 2. The Hall–Kier alpha value is -2.55. The molecule has 0 radical (unpaired) electrons. The van der Waals surface area contributed by atoms with E-state index in [1.54, 1.807) is 19.2 Å². The van der Waals surface area contributed by atoms with Gasteiger partial charge in [0.2, 0.25) is 0 Å². The van der Waals surface area contributed by atoms with Crippen LogP contribution in [0.4, 0.5) is 5.69 Å². The molecule has 158 valence electrons. The zero-order valence-corrected chi connectivity index (χ0v) is 18.1. The van der Waals surface area contributed by atoms with Gasteiger partial charge in [0.1, 0.15) is 0 Å². The summed E-state index contributed by atoms with van der Waals surface area (Å²) in [5.74, 6) is 0.788. The number of aromatic nitrogens is 2. The van der Waals surface area contributed by atoms with E-state index in [1.165, 1.54) is 6.26 Å². The summed E-state index contributed by atoms with van der Waals surface area (Å²) in [4.78, 5) is 7.04. The van der Waals surface area contributed by atoms with Gasteiger partial charge in [-0.25, -0.2) is 8.42 Å². The lowest BCUT2D eigenvalue weighted by Gasteiger charge is -2.34. The van der Waals surface area contributed by atoms with Crippen molar-refractivity contribution in [2.24, 2.45) is 12.0 Å². The fourth-order valence-electron chi connectivity index (χ4n) is 3.52. The van der Waals surface area contributed by atoms with E-state index in [9.17, 15) is 8.42 Å². The van der Waals surface area contributed by atoms with Crippen molar-refractivity contribution in [3.8, 4) is 0 Å². The number of rotatable bonds is 6. The SMILES string of the molecule is CN=C(NCCc1ccc(S(C)(=O)=O)cc1)NC1CCCN(c2cnn(C)c2)C1. The summed E-state index contributed by atoms with van der Waals surface area (Å²) in [5.41, 5.74) is 2.24. The first-order chi connectivity index (χ1) is 13.8. The molecule has 1 aromatic carbocycles. The minimum atomic E-state index is -3.15. The van der Waals surface area contributed by atoms with Gasteiger partial charge in [0.05, 0.1) is 16.8 Å². The second kappa shape index (κ2) is 9.30. The molecule has 1 aliphatic rings. The van der Waals surface area contributed by atoms with E-state index in [0.29, 0.717) is 10.9 Å². The van der Waals surface area contributed by atoms with Gasteiger partial charge in [-0.1, -0.05) is 12.1 Å². The zero-order chi connectivity index (χ0) is 20.9.